The number of fused-ring (bicyclic) bond motifs is 12. The van der Waals surface area contributed by atoms with Crippen molar-refractivity contribution < 1.29 is 0 Å². The van der Waals surface area contributed by atoms with Gasteiger partial charge in [0.25, 0.3) is 0 Å². The molecule has 4 N–H and O–H groups in total. The summed E-state index contributed by atoms with van der Waals surface area (Å²) in [5.74, 6) is 0. The molecule has 53 heavy (non-hydrogen) atoms. The molecule has 4 nitrogen and oxygen atoms in total. The van der Waals surface area contributed by atoms with E-state index < -0.39 is 0 Å². The standard InChI is InChI=1S/C49H42N4/c1-49(2)46-41-27-28-44(51-52-53-30-33(31-15-5-3-6-16-31)29-43(48(53)50)32-17-7-4-8-18-32)38-22-12-9-19-34(38)37(41)25-26-42(46)45-39-23-13-10-20-35(39)36-21-11-14-24-40(36)47(45)49/h3-26,29-30,44,48,51-52H,27-28,50H2,1-2H3. The lowest BCUT2D eigenvalue weighted by atomic mass is 9.76. The summed E-state index contributed by atoms with van der Waals surface area (Å²) < 4.78 is 0. The maximum absolute atomic E-state index is 7.03. The van der Waals surface area contributed by atoms with Crippen molar-refractivity contribution in [3.63, 3.8) is 0 Å². The number of hydrogen-bond acceptors (Lipinski definition) is 4. The third kappa shape index (κ3) is 5.02. The van der Waals surface area contributed by atoms with Crippen molar-refractivity contribution >= 4 is 32.7 Å². The summed E-state index contributed by atoms with van der Waals surface area (Å²) in [6.45, 7) is 4.89. The molecule has 2 aliphatic carbocycles. The number of rotatable bonds is 5. The van der Waals surface area contributed by atoms with E-state index in [1.165, 1.54) is 66.1 Å². The van der Waals surface area contributed by atoms with Crippen LogP contribution in [-0.4, -0.2) is 11.2 Å². The Kier molecular flexibility index (Phi) is 7.48. The Morgan fingerprint density at radius 2 is 1.21 bits per heavy atom. The number of nitrogens with two attached hydrogens (primary N) is 1. The van der Waals surface area contributed by atoms with Gasteiger partial charge in [0, 0.05) is 17.7 Å². The van der Waals surface area contributed by atoms with Gasteiger partial charge in [0.05, 0.1) is 0 Å². The molecule has 0 amide bonds. The van der Waals surface area contributed by atoms with Gasteiger partial charge in [-0.1, -0.05) is 159 Å². The minimum atomic E-state index is -0.386. The molecular weight excluding hydrogens is 645 g/mol. The van der Waals surface area contributed by atoms with Gasteiger partial charge < -0.3 is 5.73 Å². The van der Waals surface area contributed by atoms with E-state index in [0.717, 1.165) is 35.1 Å². The second kappa shape index (κ2) is 12.4. The lowest BCUT2D eigenvalue weighted by Crippen LogP contribution is -2.54. The Labute approximate surface area is 311 Å². The second-order valence-electron chi connectivity index (χ2n) is 15.2. The van der Waals surface area contributed by atoms with Crippen molar-refractivity contribution in [1.82, 2.24) is 16.0 Å². The SMILES string of the molecule is CC1(C)c2c(ccc3c2CCC(NNN2C=C(c4ccccc4)C=C(c4ccccc4)C2N)c2ccccc2-3)-c2c1c1ccccc1c1ccccc21. The van der Waals surface area contributed by atoms with E-state index >= 15 is 0 Å². The first-order valence-electron chi connectivity index (χ1n) is 18.8. The molecule has 7 aromatic carbocycles. The Morgan fingerprint density at radius 3 is 1.96 bits per heavy atom. The van der Waals surface area contributed by atoms with Gasteiger partial charge in [-0.2, -0.15) is 5.53 Å². The molecule has 10 rings (SSSR count). The molecule has 0 radical (unpaired) electrons. The molecule has 0 bridgehead atoms. The van der Waals surface area contributed by atoms with E-state index in [2.05, 4.69) is 177 Å². The molecule has 0 spiro atoms. The Bertz CT molecular complexity index is 2620. The largest absolute Gasteiger partial charge is 0.306 e. The number of nitrogens with zero attached hydrogens (tertiary/aromatic N) is 1. The second-order valence-corrected chi connectivity index (χ2v) is 15.2. The average molecular weight is 687 g/mol. The first-order valence-corrected chi connectivity index (χ1v) is 18.8. The van der Waals surface area contributed by atoms with E-state index in [1.807, 2.05) is 11.1 Å². The molecule has 4 heteroatoms. The summed E-state index contributed by atoms with van der Waals surface area (Å²) in [7, 11) is 0. The third-order valence-corrected chi connectivity index (χ3v) is 11.9. The van der Waals surface area contributed by atoms with Crippen LogP contribution in [0.3, 0.4) is 0 Å². The van der Waals surface area contributed by atoms with Crippen LogP contribution in [0.25, 0.3) is 54.9 Å². The van der Waals surface area contributed by atoms with Crippen molar-refractivity contribution in [3.05, 3.63) is 191 Å². The molecule has 1 aliphatic heterocycles. The van der Waals surface area contributed by atoms with Gasteiger partial charge >= 0.3 is 0 Å². The van der Waals surface area contributed by atoms with Gasteiger partial charge in [-0.05, 0) is 107 Å². The van der Waals surface area contributed by atoms with Gasteiger partial charge in [-0.25, -0.2) is 5.43 Å². The molecule has 2 atom stereocenters. The third-order valence-electron chi connectivity index (χ3n) is 11.9. The van der Waals surface area contributed by atoms with Gasteiger partial charge in [0.1, 0.15) is 6.17 Å². The normalized spacial score (nSPS) is 18.4. The molecule has 0 fully saturated rings. The van der Waals surface area contributed by atoms with Crippen LogP contribution in [0.5, 0.6) is 0 Å². The molecule has 258 valence electrons. The predicted molar refractivity (Wildman–Crippen MR) is 220 cm³/mol. The van der Waals surface area contributed by atoms with Crippen LogP contribution in [-0.2, 0) is 11.8 Å². The molecule has 7 aromatic rings. The highest BCUT2D eigenvalue weighted by Crippen LogP contribution is 2.57. The van der Waals surface area contributed by atoms with Crippen LogP contribution >= 0.6 is 0 Å². The summed E-state index contributed by atoms with van der Waals surface area (Å²) in [6.07, 6.45) is 5.84. The van der Waals surface area contributed by atoms with Crippen molar-refractivity contribution in [1.29, 1.82) is 0 Å². The van der Waals surface area contributed by atoms with Crippen molar-refractivity contribution in [2.45, 2.75) is 44.3 Å². The number of benzene rings is 7. The van der Waals surface area contributed by atoms with E-state index in [1.54, 1.807) is 0 Å². The highest BCUT2D eigenvalue weighted by atomic mass is 15.7. The zero-order valence-corrected chi connectivity index (χ0v) is 30.1. The minimum absolute atomic E-state index is 0.0506. The minimum Gasteiger partial charge on any atom is -0.306 e. The van der Waals surface area contributed by atoms with Crippen molar-refractivity contribution in [2.75, 3.05) is 0 Å². The first kappa shape index (κ1) is 31.9. The summed E-state index contributed by atoms with van der Waals surface area (Å²) in [5, 5.41) is 7.39. The monoisotopic (exact) mass is 686 g/mol. The molecule has 2 unspecified atom stereocenters. The number of hydrogen-bond donors (Lipinski definition) is 3. The Hall–Kier alpha value is -5.78. The Balaban J connectivity index is 1.04. The lowest BCUT2D eigenvalue weighted by Gasteiger charge is -2.35. The van der Waals surface area contributed by atoms with Gasteiger partial charge in [0.2, 0.25) is 0 Å². The fourth-order valence-corrected chi connectivity index (χ4v) is 9.52. The zero-order chi connectivity index (χ0) is 35.7. The van der Waals surface area contributed by atoms with Crippen molar-refractivity contribution in [3.8, 4) is 22.3 Å². The Morgan fingerprint density at radius 1 is 0.604 bits per heavy atom. The highest BCUT2D eigenvalue weighted by Gasteiger charge is 2.41. The molecule has 0 saturated carbocycles. The molecule has 0 aromatic heterocycles. The average Bonchev–Trinajstić information content (AvgIpc) is 3.34. The molecular formula is C49H42N4. The summed E-state index contributed by atoms with van der Waals surface area (Å²) in [4.78, 5) is 0. The van der Waals surface area contributed by atoms with Crippen LogP contribution in [0.2, 0.25) is 0 Å². The van der Waals surface area contributed by atoms with E-state index in [-0.39, 0.29) is 17.6 Å². The first-order chi connectivity index (χ1) is 26.0. The van der Waals surface area contributed by atoms with Gasteiger partial charge in [-0.3, -0.25) is 5.01 Å². The topological polar surface area (TPSA) is 53.3 Å². The van der Waals surface area contributed by atoms with Crippen LogP contribution in [0.1, 0.15) is 59.7 Å². The number of allylic oxidation sites excluding steroid dienone is 2. The predicted octanol–water partition coefficient (Wildman–Crippen LogP) is 10.7. The molecule has 0 saturated heterocycles. The number of hydrazine groups is 2. The quantitative estimate of drug-likeness (QED) is 0.125. The zero-order valence-electron chi connectivity index (χ0n) is 30.1. The molecule has 3 aliphatic rings. The maximum Gasteiger partial charge on any atom is 0.119 e. The van der Waals surface area contributed by atoms with Crippen LogP contribution in [0.15, 0.2) is 158 Å². The van der Waals surface area contributed by atoms with Crippen molar-refractivity contribution in [2.24, 2.45) is 5.73 Å². The van der Waals surface area contributed by atoms with E-state index in [4.69, 9.17) is 5.73 Å². The fourth-order valence-electron chi connectivity index (χ4n) is 9.52. The van der Waals surface area contributed by atoms with E-state index in [9.17, 15) is 0 Å². The molecule has 1 heterocycles. The van der Waals surface area contributed by atoms with Crippen LogP contribution < -0.4 is 16.7 Å². The van der Waals surface area contributed by atoms with E-state index in [0.29, 0.717) is 0 Å². The van der Waals surface area contributed by atoms with Crippen LogP contribution in [0.4, 0.5) is 0 Å². The maximum atomic E-state index is 7.03. The van der Waals surface area contributed by atoms with Crippen LogP contribution in [0, 0.1) is 0 Å². The highest BCUT2D eigenvalue weighted by molar-refractivity contribution is 6.18. The fraction of sp³-hybridized carbons (Fsp3) is 0.143. The van der Waals surface area contributed by atoms with Gasteiger partial charge in [0.15, 0.2) is 0 Å². The smallest absolute Gasteiger partial charge is 0.119 e. The summed E-state index contributed by atoms with van der Waals surface area (Å²) in [5.41, 5.74) is 29.7. The number of nitrogens with one attached hydrogen (secondary N) is 2. The van der Waals surface area contributed by atoms with Gasteiger partial charge in [-0.15, -0.1) is 0 Å². The summed E-state index contributed by atoms with van der Waals surface area (Å²) >= 11 is 0. The summed E-state index contributed by atoms with van der Waals surface area (Å²) in [6, 6.07) is 52.7. The lowest BCUT2D eigenvalue weighted by molar-refractivity contribution is 0.173.